The average molecular weight is 370 g/mol. The summed E-state index contributed by atoms with van der Waals surface area (Å²) in [5.74, 6) is 0.185. The van der Waals surface area contributed by atoms with E-state index in [1.165, 1.54) is 11.8 Å². The number of aromatic nitrogens is 4. The van der Waals surface area contributed by atoms with Crippen LogP contribution in [0.3, 0.4) is 0 Å². The summed E-state index contributed by atoms with van der Waals surface area (Å²) in [5.41, 5.74) is 1.54. The Bertz CT molecular complexity index is 925. The van der Waals surface area contributed by atoms with Gasteiger partial charge in [0.05, 0.1) is 11.9 Å². The molecule has 0 spiro atoms. The molecule has 0 aliphatic heterocycles. The summed E-state index contributed by atoms with van der Waals surface area (Å²) in [7, 11) is 0. The van der Waals surface area contributed by atoms with Gasteiger partial charge in [0.25, 0.3) is 0 Å². The van der Waals surface area contributed by atoms with Crippen molar-refractivity contribution in [3.63, 3.8) is 0 Å². The van der Waals surface area contributed by atoms with Crippen molar-refractivity contribution in [2.45, 2.75) is 31.5 Å². The number of thioether (sulfide) groups is 1. The van der Waals surface area contributed by atoms with Crippen LogP contribution in [0.4, 0.5) is 11.6 Å². The number of para-hydroxylation sites is 1. The van der Waals surface area contributed by atoms with Gasteiger partial charge in [-0.2, -0.15) is 14.6 Å². The highest BCUT2D eigenvalue weighted by Gasteiger charge is 2.16. The Labute approximate surface area is 155 Å². The first-order valence-corrected chi connectivity index (χ1v) is 9.54. The number of nitrogens with zero attached hydrogens (tertiary/aromatic N) is 4. The summed E-state index contributed by atoms with van der Waals surface area (Å²) < 4.78 is 1.56. The fourth-order valence-electron chi connectivity index (χ4n) is 2.61. The molecule has 0 bridgehead atoms. The lowest BCUT2D eigenvalue weighted by atomic mass is 9.97. The summed E-state index contributed by atoms with van der Waals surface area (Å²) in [4.78, 5) is 21.4. The molecule has 0 saturated carbocycles. The third-order valence-corrected chi connectivity index (χ3v) is 4.38. The summed E-state index contributed by atoms with van der Waals surface area (Å²) >= 11 is 1.41. The highest BCUT2D eigenvalue weighted by Crippen LogP contribution is 2.23. The molecule has 1 atom stereocenters. The van der Waals surface area contributed by atoms with Crippen LogP contribution in [0.25, 0.3) is 5.65 Å². The number of ketones is 1. The average Bonchev–Trinajstić information content (AvgIpc) is 3.09. The molecule has 7 nitrogen and oxygen atoms in total. The predicted molar refractivity (Wildman–Crippen MR) is 99.9 cm³/mol. The van der Waals surface area contributed by atoms with Crippen molar-refractivity contribution in [3.8, 4) is 0 Å². The zero-order chi connectivity index (χ0) is 18.7. The van der Waals surface area contributed by atoms with E-state index in [1.54, 1.807) is 41.0 Å². The van der Waals surface area contributed by atoms with Gasteiger partial charge in [-0.1, -0.05) is 50.3 Å². The smallest absolute Gasteiger partial charge is 0.232 e. The Balaban J connectivity index is 1.97. The molecule has 0 aliphatic rings. The minimum Gasteiger partial charge on any atom is -0.846 e. The lowest BCUT2D eigenvalue weighted by Crippen LogP contribution is -2.36. The molecular formula is C18H20N5O2S-. The molecule has 3 rings (SSSR count). The van der Waals surface area contributed by atoms with E-state index >= 15 is 0 Å². The van der Waals surface area contributed by atoms with Crippen molar-refractivity contribution in [2.75, 3.05) is 11.6 Å². The number of Topliss-reactive ketones (excluding diaryl/α,β-unsaturated/α-hetero) is 1. The highest BCUT2D eigenvalue weighted by atomic mass is 32.2. The van der Waals surface area contributed by atoms with Crippen LogP contribution in [0, 0.1) is 5.92 Å². The van der Waals surface area contributed by atoms with Gasteiger partial charge in [0.15, 0.2) is 16.6 Å². The number of hydrogen-bond acceptors (Lipinski definition) is 7. The zero-order valence-corrected chi connectivity index (χ0v) is 15.7. The number of benzene rings is 1. The number of carbonyl (C=O) groups excluding carboxylic acids is 1. The molecule has 136 valence electrons. The minimum atomic E-state index is -1.28. The fraction of sp³-hybridized carbons (Fsp3) is 0.333. The van der Waals surface area contributed by atoms with Gasteiger partial charge in [-0.05, 0) is 24.3 Å². The Morgan fingerprint density at radius 3 is 2.77 bits per heavy atom. The Morgan fingerprint density at radius 1 is 1.27 bits per heavy atom. The molecule has 0 saturated heterocycles. The molecule has 0 amide bonds. The van der Waals surface area contributed by atoms with Gasteiger partial charge in [0, 0.05) is 11.6 Å². The number of rotatable bonds is 7. The van der Waals surface area contributed by atoms with Crippen LogP contribution < -0.4 is 10.4 Å². The van der Waals surface area contributed by atoms with Crippen molar-refractivity contribution in [2.24, 2.45) is 5.92 Å². The van der Waals surface area contributed by atoms with Gasteiger partial charge in [-0.25, -0.2) is 4.98 Å². The first-order chi connectivity index (χ1) is 12.5. The van der Waals surface area contributed by atoms with Gasteiger partial charge < -0.3 is 10.4 Å². The third kappa shape index (κ3) is 3.86. The number of nitrogens with one attached hydrogen (secondary N) is 1. The van der Waals surface area contributed by atoms with Gasteiger partial charge in [0.2, 0.25) is 5.95 Å². The molecule has 0 aliphatic carbocycles. The maximum Gasteiger partial charge on any atom is 0.232 e. The summed E-state index contributed by atoms with van der Waals surface area (Å²) in [6.07, 6.45) is 2.54. The second-order valence-electron chi connectivity index (χ2n) is 6.29. The lowest BCUT2D eigenvalue weighted by molar-refractivity contribution is -0.401. The van der Waals surface area contributed by atoms with Gasteiger partial charge in [-0.15, -0.1) is 0 Å². The van der Waals surface area contributed by atoms with Crippen LogP contribution in [0.2, 0.25) is 0 Å². The quantitative estimate of drug-likeness (QED) is 0.504. The number of fused-ring (bicyclic) bond motifs is 1. The predicted octanol–water partition coefficient (Wildman–Crippen LogP) is 2.55. The highest BCUT2D eigenvalue weighted by molar-refractivity contribution is 7.98. The van der Waals surface area contributed by atoms with Crippen molar-refractivity contribution in [1.29, 1.82) is 0 Å². The van der Waals surface area contributed by atoms with E-state index in [-0.39, 0.29) is 5.92 Å². The summed E-state index contributed by atoms with van der Waals surface area (Å²) in [6.45, 7) is 3.86. The molecule has 2 heterocycles. The van der Waals surface area contributed by atoms with Crippen LogP contribution in [0.1, 0.15) is 30.6 Å². The van der Waals surface area contributed by atoms with E-state index in [2.05, 4.69) is 20.4 Å². The molecule has 8 heteroatoms. The first kappa shape index (κ1) is 18.3. The molecule has 2 aromatic heterocycles. The summed E-state index contributed by atoms with van der Waals surface area (Å²) in [5, 5.41) is 20.2. The van der Waals surface area contributed by atoms with Gasteiger partial charge >= 0.3 is 0 Å². The van der Waals surface area contributed by atoms with Crippen molar-refractivity contribution in [3.05, 3.63) is 42.1 Å². The molecule has 26 heavy (non-hydrogen) atoms. The van der Waals surface area contributed by atoms with E-state index in [0.29, 0.717) is 34.4 Å². The molecule has 1 N–H and O–H groups in total. The third-order valence-electron chi connectivity index (χ3n) is 3.83. The topological polar surface area (TPSA) is 95.2 Å². The Kier molecular flexibility index (Phi) is 5.53. The van der Waals surface area contributed by atoms with Crippen LogP contribution >= 0.6 is 11.8 Å². The van der Waals surface area contributed by atoms with E-state index in [9.17, 15) is 9.90 Å². The van der Waals surface area contributed by atoms with E-state index in [4.69, 9.17) is 0 Å². The zero-order valence-electron chi connectivity index (χ0n) is 14.8. The first-order valence-electron chi connectivity index (χ1n) is 8.31. The standard InChI is InChI=1S/C18H20N5O2S/c1-11(2)10-14(24)16(25)12-6-4-5-7-13(12)20-17-22-18(26-3)21-15-8-9-19-23(15)17/h4-9,11,14H,10H2,1-3H3,(H,20,21,22)/q-1. The van der Waals surface area contributed by atoms with Crippen molar-refractivity contribution >= 4 is 34.8 Å². The molecule has 0 radical (unpaired) electrons. The normalized spacial score (nSPS) is 12.5. The van der Waals surface area contributed by atoms with Gasteiger partial charge in [-0.3, -0.25) is 4.79 Å². The molecule has 1 aromatic carbocycles. The van der Waals surface area contributed by atoms with Crippen LogP contribution in [0.15, 0.2) is 41.7 Å². The van der Waals surface area contributed by atoms with E-state index < -0.39 is 11.9 Å². The number of anilines is 2. The van der Waals surface area contributed by atoms with E-state index in [1.807, 2.05) is 20.1 Å². The van der Waals surface area contributed by atoms with Crippen LogP contribution in [-0.2, 0) is 0 Å². The SMILES string of the molecule is CSc1nc(Nc2ccccc2C(=O)C([O-])CC(C)C)n2nccc2n1. The minimum absolute atomic E-state index is 0.163. The number of carbonyl (C=O) groups is 1. The molecule has 1 unspecified atom stereocenters. The summed E-state index contributed by atoms with van der Waals surface area (Å²) in [6, 6.07) is 8.74. The second-order valence-corrected chi connectivity index (χ2v) is 7.06. The van der Waals surface area contributed by atoms with E-state index in [0.717, 1.165) is 0 Å². The molecular weight excluding hydrogens is 350 g/mol. The number of hydrogen-bond donors (Lipinski definition) is 1. The maximum atomic E-state index is 12.6. The van der Waals surface area contributed by atoms with Gasteiger partial charge in [0.1, 0.15) is 0 Å². The van der Waals surface area contributed by atoms with Crippen molar-refractivity contribution in [1.82, 2.24) is 19.6 Å². The monoisotopic (exact) mass is 370 g/mol. The lowest BCUT2D eigenvalue weighted by Gasteiger charge is -2.24. The van der Waals surface area contributed by atoms with Crippen LogP contribution in [0.5, 0.6) is 0 Å². The second kappa shape index (κ2) is 7.84. The Hall–Kier alpha value is -2.45. The Morgan fingerprint density at radius 2 is 2.04 bits per heavy atom. The molecule has 0 fully saturated rings. The maximum absolute atomic E-state index is 12.6. The molecule has 3 aromatic rings. The van der Waals surface area contributed by atoms with Crippen molar-refractivity contribution < 1.29 is 9.90 Å². The van der Waals surface area contributed by atoms with Crippen LogP contribution in [-0.4, -0.2) is 37.7 Å². The largest absolute Gasteiger partial charge is 0.846 e. The fourth-order valence-corrected chi connectivity index (χ4v) is 2.98.